The second kappa shape index (κ2) is 7.10. The molecular formula is C19H10F8OS. The Labute approximate surface area is 162 Å². The Morgan fingerprint density at radius 1 is 0.655 bits per heavy atom. The molecule has 0 bridgehead atoms. The van der Waals surface area contributed by atoms with Gasteiger partial charge < -0.3 is 5.11 Å². The van der Waals surface area contributed by atoms with E-state index in [1.165, 1.54) is 24.3 Å². The van der Waals surface area contributed by atoms with E-state index < -0.39 is 34.5 Å². The fourth-order valence-corrected chi connectivity index (χ4v) is 3.99. The number of aliphatic hydroxyl groups is 1. The van der Waals surface area contributed by atoms with E-state index in [2.05, 4.69) is 0 Å². The fraction of sp³-hybridized carbons (Fsp3) is 0.158. The highest BCUT2D eigenvalue weighted by Gasteiger charge is 2.72. The van der Waals surface area contributed by atoms with Crippen LogP contribution >= 0.6 is 11.3 Å². The standard InChI is InChI=1S/C19H10F8OS/c20-12-5-1-10(2-6-12)14-9-15(17(28,18(22,23)24)19(25,26)27)29-16(14)11-3-7-13(21)8-4-11/h1-9,28H. The topological polar surface area (TPSA) is 20.2 Å². The number of thiophene rings is 1. The summed E-state index contributed by atoms with van der Waals surface area (Å²) < 4.78 is 106. The average Bonchev–Trinajstić information content (AvgIpc) is 3.06. The molecule has 0 saturated heterocycles. The van der Waals surface area contributed by atoms with Crippen LogP contribution < -0.4 is 0 Å². The summed E-state index contributed by atoms with van der Waals surface area (Å²) in [5.74, 6) is -1.31. The van der Waals surface area contributed by atoms with Crippen LogP contribution in [0.2, 0.25) is 0 Å². The summed E-state index contributed by atoms with van der Waals surface area (Å²) in [6, 6.07) is 9.23. The smallest absolute Gasteiger partial charge is 0.369 e. The van der Waals surface area contributed by atoms with E-state index in [1.54, 1.807) is 0 Å². The Hall–Kier alpha value is -2.46. The SMILES string of the molecule is OC(c1cc(-c2ccc(F)cc2)c(-c2ccc(F)cc2)s1)(C(F)(F)F)C(F)(F)F. The molecule has 3 rings (SSSR count). The molecule has 0 radical (unpaired) electrons. The van der Waals surface area contributed by atoms with Crippen LogP contribution in [0.15, 0.2) is 54.6 Å². The Balaban J connectivity index is 2.29. The summed E-state index contributed by atoms with van der Waals surface area (Å²) in [4.78, 5) is -1.48. The summed E-state index contributed by atoms with van der Waals surface area (Å²) in [7, 11) is 0. The van der Waals surface area contributed by atoms with E-state index in [0.717, 1.165) is 24.3 Å². The zero-order chi connectivity index (χ0) is 21.6. The summed E-state index contributed by atoms with van der Waals surface area (Å²) >= 11 is 0.0720. The zero-order valence-electron chi connectivity index (χ0n) is 14.1. The summed E-state index contributed by atoms with van der Waals surface area (Å²) in [6.45, 7) is 0. The molecule has 1 aromatic heterocycles. The minimum atomic E-state index is -6.05. The second-order valence-corrected chi connectivity index (χ2v) is 7.13. The van der Waals surface area contributed by atoms with Crippen LogP contribution in [0.3, 0.4) is 0 Å². The van der Waals surface area contributed by atoms with Crippen LogP contribution in [0.5, 0.6) is 0 Å². The molecule has 0 aliphatic rings. The van der Waals surface area contributed by atoms with Gasteiger partial charge in [-0.1, -0.05) is 24.3 Å². The van der Waals surface area contributed by atoms with Crippen molar-refractivity contribution in [1.29, 1.82) is 0 Å². The first-order chi connectivity index (χ1) is 13.3. The second-order valence-electron chi connectivity index (χ2n) is 6.07. The van der Waals surface area contributed by atoms with Crippen LogP contribution in [-0.4, -0.2) is 17.5 Å². The molecule has 0 fully saturated rings. The van der Waals surface area contributed by atoms with E-state index in [1.807, 2.05) is 0 Å². The molecule has 29 heavy (non-hydrogen) atoms. The van der Waals surface area contributed by atoms with Gasteiger partial charge in [0.25, 0.3) is 5.60 Å². The van der Waals surface area contributed by atoms with Gasteiger partial charge >= 0.3 is 12.4 Å². The summed E-state index contributed by atoms with van der Waals surface area (Å²) in [5.41, 5.74) is -4.94. The Morgan fingerprint density at radius 3 is 1.48 bits per heavy atom. The molecule has 1 nitrogen and oxygen atoms in total. The first kappa shape index (κ1) is 21.3. The summed E-state index contributed by atoms with van der Waals surface area (Å²) in [6.07, 6.45) is -12.1. The largest absolute Gasteiger partial charge is 0.431 e. The Bertz CT molecular complexity index is 924. The highest BCUT2D eigenvalue weighted by molar-refractivity contribution is 7.16. The van der Waals surface area contributed by atoms with Gasteiger partial charge in [-0.3, -0.25) is 0 Å². The molecule has 1 N–H and O–H groups in total. The highest BCUT2D eigenvalue weighted by Crippen LogP contribution is 2.54. The zero-order valence-corrected chi connectivity index (χ0v) is 14.9. The molecule has 3 aromatic rings. The molecule has 10 heteroatoms. The predicted octanol–water partition coefficient (Wildman–Crippen LogP) is 6.67. The molecule has 0 atom stereocenters. The molecule has 0 aliphatic heterocycles. The van der Waals surface area contributed by atoms with Gasteiger partial charge in [-0.05, 0) is 41.5 Å². The predicted molar refractivity (Wildman–Crippen MR) is 91.1 cm³/mol. The molecule has 2 aromatic carbocycles. The number of halogens is 8. The third-order valence-corrected chi connectivity index (χ3v) is 5.46. The van der Waals surface area contributed by atoms with E-state index in [9.17, 15) is 40.2 Å². The van der Waals surface area contributed by atoms with Gasteiger partial charge in [0.05, 0.1) is 4.88 Å². The third kappa shape index (κ3) is 3.74. The minimum absolute atomic E-state index is 0.0708. The highest BCUT2D eigenvalue weighted by atomic mass is 32.1. The normalized spacial score (nSPS) is 13.0. The van der Waals surface area contributed by atoms with Gasteiger partial charge in [-0.2, -0.15) is 26.3 Å². The van der Waals surface area contributed by atoms with Crippen LogP contribution in [0.1, 0.15) is 4.88 Å². The maximum atomic E-state index is 13.3. The lowest BCUT2D eigenvalue weighted by atomic mass is 9.96. The van der Waals surface area contributed by atoms with Crippen molar-refractivity contribution >= 4 is 11.3 Å². The number of alkyl halides is 6. The molecule has 0 spiro atoms. The van der Waals surface area contributed by atoms with Gasteiger partial charge in [0.2, 0.25) is 0 Å². The number of rotatable bonds is 3. The van der Waals surface area contributed by atoms with Gasteiger partial charge in [0.15, 0.2) is 0 Å². The maximum absolute atomic E-state index is 13.3. The minimum Gasteiger partial charge on any atom is -0.369 e. The van der Waals surface area contributed by atoms with Gasteiger partial charge in [0.1, 0.15) is 11.6 Å². The van der Waals surface area contributed by atoms with Gasteiger partial charge in [0, 0.05) is 10.4 Å². The molecule has 0 aliphatic carbocycles. The first-order valence-electron chi connectivity index (χ1n) is 7.86. The van der Waals surface area contributed by atoms with Crippen molar-refractivity contribution in [3.05, 3.63) is 71.1 Å². The maximum Gasteiger partial charge on any atom is 0.431 e. The van der Waals surface area contributed by atoms with Gasteiger partial charge in [-0.15, -0.1) is 11.3 Å². The van der Waals surface area contributed by atoms with E-state index in [0.29, 0.717) is 6.07 Å². The fourth-order valence-electron chi connectivity index (χ4n) is 2.67. The van der Waals surface area contributed by atoms with E-state index in [4.69, 9.17) is 0 Å². The quantitative estimate of drug-likeness (QED) is 0.453. The molecule has 0 amide bonds. The lowest BCUT2D eigenvalue weighted by Crippen LogP contribution is -2.53. The number of benzene rings is 2. The van der Waals surface area contributed by atoms with Crippen LogP contribution in [0, 0.1) is 11.6 Å². The van der Waals surface area contributed by atoms with Crippen LogP contribution in [-0.2, 0) is 5.60 Å². The van der Waals surface area contributed by atoms with Crippen LogP contribution in [0.25, 0.3) is 21.6 Å². The average molecular weight is 438 g/mol. The van der Waals surface area contributed by atoms with Crippen molar-refractivity contribution in [3.63, 3.8) is 0 Å². The summed E-state index contributed by atoms with van der Waals surface area (Å²) in [5, 5.41) is 9.72. The van der Waals surface area contributed by atoms with E-state index in [-0.39, 0.29) is 32.9 Å². The van der Waals surface area contributed by atoms with Gasteiger partial charge in [-0.25, -0.2) is 8.78 Å². The monoisotopic (exact) mass is 438 g/mol. The van der Waals surface area contributed by atoms with Crippen molar-refractivity contribution in [2.75, 3.05) is 0 Å². The van der Waals surface area contributed by atoms with Crippen molar-refractivity contribution in [2.24, 2.45) is 0 Å². The van der Waals surface area contributed by atoms with Crippen LogP contribution in [0.4, 0.5) is 35.1 Å². The molecule has 154 valence electrons. The lowest BCUT2D eigenvalue weighted by molar-refractivity contribution is -0.374. The van der Waals surface area contributed by atoms with Crippen molar-refractivity contribution in [1.82, 2.24) is 0 Å². The first-order valence-corrected chi connectivity index (χ1v) is 8.68. The van der Waals surface area contributed by atoms with E-state index >= 15 is 0 Å². The molecule has 1 heterocycles. The molecule has 0 saturated carbocycles. The number of hydrogen-bond acceptors (Lipinski definition) is 2. The lowest BCUT2D eigenvalue weighted by Gasteiger charge is -2.31. The van der Waals surface area contributed by atoms with Crippen molar-refractivity contribution in [2.45, 2.75) is 18.0 Å². The Kier molecular flexibility index (Phi) is 5.20. The Morgan fingerprint density at radius 2 is 1.07 bits per heavy atom. The third-order valence-electron chi connectivity index (χ3n) is 4.17. The molecule has 0 unspecified atom stereocenters. The van der Waals surface area contributed by atoms with Crippen molar-refractivity contribution < 1.29 is 40.2 Å². The molecular weight excluding hydrogens is 428 g/mol. The van der Waals surface area contributed by atoms with Crippen molar-refractivity contribution in [3.8, 4) is 21.6 Å². The number of hydrogen-bond donors (Lipinski definition) is 1.